The van der Waals surface area contributed by atoms with Gasteiger partial charge in [-0.25, -0.2) is 0 Å². The molecule has 0 amide bonds. The van der Waals surface area contributed by atoms with Gasteiger partial charge in [-0.2, -0.15) is 13.2 Å². The third kappa shape index (κ3) is 2.49. The molecule has 4 nitrogen and oxygen atoms in total. The van der Waals surface area contributed by atoms with Crippen molar-refractivity contribution in [2.45, 2.75) is 12.6 Å². The van der Waals surface area contributed by atoms with E-state index in [0.29, 0.717) is 0 Å². The lowest BCUT2D eigenvalue weighted by atomic mass is 10.0. The van der Waals surface area contributed by atoms with E-state index in [1.807, 2.05) is 0 Å². The third-order valence-electron chi connectivity index (χ3n) is 2.42. The maximum Gasteiger partial charge on any atom is 0.416 e. The first-order chi connectivity index (χ1) is 8.38. The highest BCUT2D eigenvalue weighted by Crippen LogP contribution is 2.40. The summed E-state index contributed by atoms with van der Waals surface area (Å²) in [6, 6.07) is 1.86. The van der Waals surface area contributed by atoms with E-state index in [9.17, 15) is 18.0 Å². The van der Waals surface area contributed by atoms with Crippen LogP contribution in [0.2, 0.25) is 0 Å². The second-order valence-electron chi connectivity index (χ2n) is 3.72. The summed E-state index contributed by atoms with van der Waals surface area (Å²) in [5, 5.41) is 8.62. The molecule has 1 aliphatic rings. The zero-order valence-electron chi connectivity index (χ0n) is 9.08. The monoisotopic (exact) mass is 262 g/mol. The smallest absolute Gasteiger partial charge is 0.416 e. The Hall–Kier alpha value is -1.92. The average molecular weight is 262 g/mol. The predicted molar refractivity (Wildman–Crippen MR) is 53.8 cm³/mol. The van der Waals surface area contributed by atoms with E-state index in [-0.39, 0.29) is 30.3 Å². The Morgan fingerprint density at radius 2 is 1.78 bits per heavy atom. The lowest BCUT2D eigenvalue weighted by molar-refractivity contribution is -0.139. The van der Waals surface area contributed by atoms with Crippen molar-refractivity contribution in [1.29, 1.82) is 0 Å². The number of benzene rings is 1. The summed E-state index contributed by atoms with van der Waals surface area (Å²) in [6.07, 6.45) is -5.34. The predicted octanol–water partition coefficient (Wildman–Crippen LogP) is 2.10. The molecule has 0 atom stereocenters. The van der Waals surface area contributed by atoms with Crippen molar-refractivity contribution in [3.63, 3.8) is 0 Å². The molecule has 0 bridgehead atoms. The number of carboxylic acid groups (broad SMARTS) is 1. The summed E-state index contributed by atoms with van der Waals surface area (Å²) in [6.45, 7) is 0.396. The van der Waals surface area contributed by atoms with Crippen LogP contribution in [0.1, 0.15) is 11.1 Å². The number of hydrogen-bond acceptors (Lipinski definition) is 3. The highest BCUT2D eigenvalue weighted by atomic mass is 19.4. The van der Waals surface area contributed by atoms with Crippen LogP contribution in [0.3, 0.4) is 0 Å². The number of alkyl halides is 3. The molecule has 0 saturated carbocycles. The number of fused-ring (bicyclic) bond motifs is 1. The van der Waals surface area contributed by atoms with Crippen LogP contribution in [-0.2, 0) is 17.4 Å². The molecule has 0 unspecified atom stereocenters. The zero-order valence-corrected chi connectivity index (χ0v) is 9.08. The summed E-state index contributed by atoms with van der Waals surface area (Å²) in [5.41, 5.74) is -1.34. The Morgan fingerprint density at radius 3 is 2.28 bits per heavy atom. The van der Waals surface area contributed by atoms with Gasteiger partial charge in [-0.1, -0.05) is 0 Å². The standard InChI is InChI=1S/C11H9F3O4/c12-11(13,14)7-5-9-8(17-1-2-18-9)3-6(7)4-10(15)16/h3,5H,1-2,4H2,(H,15,16). The molecule has 98 valence electrons. The molecule has 0 aliphatic carbocycles. The van der Waals surface area contributed by atoms with Crippen molar-refractivity contribution in [1.82, 2.24) is 0 Å². The molecule has 1 aromatic carbocycles. The number of carboxylic acids is 1. The second kappa shape index (κ2) is 4.40. The van der Waals surface area contributed by atoms with Gasteiger partial charge in [0.05, 0.1) is 12.0 Å². The Bertz CT molecular complexity index is 482. The summed E-state index contributed by atoms with van der Waals surface area (Å²) in [4.78, 5) is 10.6. The molecule has 7 heteroatoms. The average Bonchev–Trinajstić information content (AvgIpc) is 2.26. The Morgan fingerprint density at radius 1 is 1.22 bits per heavy atom. The number of carbonyl (C=O) groups is 1. The van der Waals surface area contributed by atoms with E-state index in [1.165, 1.54) is 0 Å². The summed E-state index contributed by atoms with van der Waals surface area (Å²) >= 11 is 0. The van der Waals surface area contributed by atoms with Gasteiger partial charge in [-0.05, 0) is 17.7 Å². The molecule has 2 rings (SSSR count). The lowest BCUT2D eigenvalue weighted by Crippen LogP contribution is -2.18. The number of rotatable bonds is 2. The first-order valence-corrected chi connectivity index (χ1v) is 5.09. The third-order valence-corrected chi connectivity index (χ3v) is 2.42. The van der Waals surface area contributed by atoms with Crippen molar-refractivity contribution in [2.75, 3.05) is 13.2 Å². The molecule has 0 aromatic heterocycles. The van der Waals surface area contributed by atoms with Crippen LogP contribution in [0.4, 0.5) is 13.2 Å². The summed E-state index contributed by atoms with van der Waals surface area (Å²) in [7, 11) is 0. The van der Waals surface area contributed by atoms with Gasteiger partial charge in [0, 0.05) is 0 Å². The molecule has 1 N–H and O–H groups in total. The highest BCUT2D eigenvalue weighted by molar-refractivity contribution is 5.71. The largest absolute Gasteiger partial charge is 0.486 e. The van der Waals surface area contributed by atoms with Gasteiger partial charge in [-0.3, -0.25) is 4.79 Å². The molecule has 0 saturated heterocycles. The number of hydrogen-bond donors (Lipinski definition) is 1. The van der Waals surface area contributed by atoms with Crippen LogP contribution in [-0.4, -0.2) is 24.3 Å². The fourth-order valence-electron chi connectivity index (χ4n) is 1.70. The van der Waals surface area contributed by atoms with E-state index in [2.05, 4.69) is 0 Å². The van der Waals surface area contributed by atoms with Crippen LogP contribution in [0.5, 0.6) is 11.5 Å². The van der Waals surface area contributed by atoms with Crippen molar-refractivity contribution in [3.05, 3.63) is 23.3 Å². The first-order valence-electron chi connectivity index (χ1n) is 5.09. The molecule has 1 heterocycles. The van der Waals surface area contributed by atoms with Crippen molar-refractivity contribution in [2.24, 2.45) is 0 Å². The maximum atomic E-state index is 12.8. The van der Waals surface area contributed by atoms with Gasteiger partial charge >= 0.3 is 12.1 Å². The molecule has 1 aromatic rings. The van der Waals surface area contributed by atoms with Gasteiger partial charge in [0.2, 0.25) is 0 Å². The van der Waals surface area contributed by atoms with Gasteiger partial charge in [-0.15, -0.1) is 0 Å². The fourth-order valence-corrected chi connectivity index (χ4v) is 1.70. The van der Waals surface area contributed by atoms with Crippen molar-refractivity contribution >= 4 is 5.97 Å². The van der Waals surface area contributed by atoms with Crippen LogP contribution in [0, 0.1) is 0 Å². The molecular weight excluding hydrogens is 253 g/mol. The fraction of sp³-hybridized carbons (Fsp3) is 0.364. The van der Waals surface area contributed by atoms with E-state index in [4.69, 9.17) is 14.6 Å². The van der Waals surface area contributed by atoms with E-state index in [1.54, 1.807) is 0 Å². The van der Waals surface area contributed by atoms with Crippen LogP contribution >= 0.6 is 0 Å². The Balaban J connectivity index is 2.51. The number of halogens is 3. The molecular formula is C11H9F3O4. The Kier molecular flexibility index (Phi) is 3.06. The van der Waals surface area contributed by atoms with E-state index >= 15 is 0 Å². The molecule has 18 heavy (non-hydrogen) atoms. The topological polar surface area (TPSA) is 55.8 Å². The second-order valence-corrected chi connectivity index (χ2v) is 3.72. The van der Waals surface area contributed by atoms with Gasteiger partial charge in [0.15, 0.2) is 11.5 Å². The minimum absolute atomic E-state index is 0.0114. The van der Waals surface area contributed by atoms with Gasteiger partial charge in [0.25, 0.3) is 0 Å². The lowest BCUT2D eigenvalue weighted by Gasteiger charge is -2.21. The number of aliphatic carboxylic acids is 1. The maximum absolute atomic E-state index is 12.8. The Labute approximate surface area is 99.9 Å². The summed E-state index contributed by atoms with van der Waals surface area (Å²) < 4.78 is 48.5. The quantitative estimate of drug-likeness (QED) is 0.886. The van der Waals surface area contributed by atoms with Crippen LogP contribution in [0.15, 0.2) is 12.1 Å². The molecule has 0 radical (unpaired) electrons. The van der Waals surface area contributed by atoms with Crippen molar-refractivity contribution < 1.29 is 32.5 Å². The minimum Gasteiger partial charge on any atom is -0.486 e. The summed E-state index contributed by atoms with van der Waals surface area (Å²) in [5.74, 6) is -1.20. The van der Waals surface area contributed by atoms with E-state index in [0.717, 1.165) is 12.1 Å². The normalized spacial score (nSPS) is 14.4. The van der Waals surface area contributed by atoms with Gasteiger partial charge < -0.3 is 14.6 Å². The van der Waals surface area contributed by atoms with Gasteiger partial charge in [0.1, 0.15) is 13.2 Å². The van der Waals surface area contributed by atoms with Crippen molar-refractivity contribution in [3.8, 4) is 11.5 Å². The van der Waals surface area contributed by atoms with Crippen LogP contribution < -0.4 is 9.47 Å². The SMILES string of the molecule is O=C(O)Cc1cc2c(cc1C(F)(F)F)OCCO2. The molecule has 1 aliphatic heterocycles. The van der Waals surface area contributed by atoms with Crippen LogP contribution in [0.25, 0.3) is 0 Å². The number of ether oxygens (including phenoxy) is 2. The minimum atomic E-state index is -4.62. The first kappa shape index (κ1) is 12.5. The zero-order chi connectivity index (χ0) is 13.3. The molecule has 0 fully saturated rings. The molecule has 0 spiro atoms. The van der Waals surface area contributed by atoms with E-state index < -0.39 is 24.1 Å². The highest BCUT2D eigenvalue weighted by Gasteiger charge is 2.35.